The number of likely N-dealkylation sites (N-methyl/N-ethyl adjacent to an activating group) is 1. The number of carbonyl (C=O) groups excluding carboxylic acids is 1. The van der Waals surface area contributed by atoms with Gasteiger partial charge in [0.15, 0.2) is 17.5 Å². The fourth-order valence-electron chi connectivity index (χ4n) is 2.40. The Bertz CT molecular complexity index is 632. The summed E-state index contributed by atoms with van der Waals surface area (Å²) in [5.41, 5.74) is -0.259. The molecule has 0 fully saturated rings. The summed E-state index contributed by atoms with van der Waals surface area (Å²) in [5.74, 6) is 1.99. The standard InChI is InChI=1S/C20H34N4O3.HI/c1-8-21-19(24(6)14-18(25)23-20(3,4)5)22-13-15(2)27-17-12-10-9-11-16(17)26-7;/h9-12,15H,8,13-14H2,1-7H3,(H,21,22)(H,23,25);1H. The highest BCUT2D eigenvalue weighted by molar-refractivity contribution is 14.0. The molecule has 1 atom stereocenters. The van der Waals surface area contributed by atoms with Crippen LogP contribution in [0.4, 0.5) is 0 Å². The van der Waals surface area contributed by atoms with E-state index in [2.05, 4.69) is 15.6 Å². The highest BCUT2D eigenvalue weighted by atomic mass is 127. The Labute approximate surface area is 186 Å². The quantitative estimate of drug-likeness (QED) is 0.322. The van der Waals surface area contributed by atoms with Gasteiger partial charge in [-0.3, -0.25) is 4.79 Å². The monoisotopic (exact) mass is 506 g/mol. The third-order valence-electron chi connectivity index (χ3n) is 3.49. The first kappa shape index (κ1) is 26.3. The number of aliphatic imine (C=N–C) groups is 1. The lowest BCUT2D eigenvalue weighted by atomic mass is 10.1. The smallest absolute Gasteiger partial charge is 0.240 e. The molecule has 0 aliphatic heterocycles. The molecule has 1 unspecified atom stereocenters. The van der Waals surface area contributed by atoms with Crippen molar-refractivity contribution in [3.63, 3.8) is 0 Å². The molecule has 0 saturated carbocycles. The van der Waals surface area contributed by atoms with E-state index in [9.17, 15) is 4.79 Å². The summed E-state index contributed by atoms with van der Waals surface area (Å²) in [6.45, 7) is 11.2. The molecular weight excluding hydrogens is 471 g/mol. The zero-order chi connectivity index (χ0) is 20.4. The third-order valence-corrected chi connectivity index (χ3v) is 3.49. The van der Waals surface area contributed by atoms with Gasteiger partial charge < -0.3 is 25.0 Å². The van der Waals surface area contributed by atoms with Gasteiger partial charge in [-0.1, -0.05) is 12.1 Å². The molecule has 0 bridgehead atoms. The average Bonchev–Trinajstić information content (AvgIpc) is 2.57. The van der Waals surface area contributed by atoms with Crippen LogP contribution in [0, 0.1) is 0 Å². The van der Waals surface area contributed by atoms with Crippen molar-refractivity contribution >= 4 is 35.8 Å². The van der Waals surface area contributed by atoms with E-state index in [0.29, 0.717) is 30.5 Å². The molecule has 0 saturated heterocycles. The molecule has 0 aliphatic rings. The Morgan fingerprint density at radius 3 is 2.39 bits per heavy atom. The SMILES string of the molecule is CCNC(=NCC(C)Oc1ccccc1OC)N(C)CC(=O)NC(C)(C)C.I. The van der Waals surface area contributed by atoms with Crippen LogP contribution in [0.3, 0.4) is 0 Å². The number of para-hydroxylation sites is 2. The number of hydrogen-bond donors (Lipinski definition) is 2. The molecule has 8 heteroatoms. The van der Waals surface area contributed by atoms with E-state index in [1.807, 2.05) is 65.9 Å². The Morgan fingerprint density at radius 2 is 1.86 bits per heavy atom. The molecule has 0 radical (unpaired) electrons. The summed E-state index contributed by atoms with van der Waals surface area (Å²) in [6.07, 6.45) is -0.147. The van der Waals surface area contributed by atoms with Crippen molar-refractivity contribution in [3.05, 3.63) is 24.3 Å². The van der Waals surface area contributed by atoms with Crippen LogP contribution in [0.2, 0.25) is 0 Å². The lowest BCUT2D eigenvalue weighted by molar-refractivity contribution is -0.122. The Balaban J connectivity index is 0.00000729. The molecule has 160 valence electrons. The normalized spacial score (nSPS) is 12.5. The zero-order valence-corrected chi connectivity index (χ0v) is 20.4. The first-order valence-corrected chi connectivity index (χ1v) is 9.26. The van der Waals surface area contributed by atoms with Crippen LogP contribution in [0.1, 0.15) is 34.6 Å². The van der Waals surface area contributed by atoms with Gasteiger partial charge in [0.05, 0.1) is 20.2 Å². The van der Waals surface area contributed by atoms with Crippen LogP contribution in [-0.2, 0) is 4.79 Å². The molecule has 1 aromatic carbocycles. The number of hydrogen-bond acceptors (Lipinski definition) is 4. The lowest BCUT2D eigenvalue weighted by Crippen LogP contribution is -2.49. The van der Waals surface area contributed by atoms with Gasteiger partial charge >= 0.3 is 0 Å². The number of rotatable bonds is 8. The van der Waals surface area contributed by atoms with E-state index in [0.717, 1.165) is 0 Å². The van der Waals surface area contributed by atoms with E-state index < -0.39 is 0 Å². The van der Waals surface area contributed by atoms with Crippen LogP contribution < -0.4 is 20.1 Å². The van der Waals surface area contributed by atoms with Crippen LogP contribution in [-0.4, -0.2) is 62.2 Å². The van der Waals surface area contributed by atoms with Gasteiger partial charge in [0.25, 0.3) is 0 Å². The van der Waals surface area contributed by atoms with Gasteiger partial charge in [-0.2, -0.15) is 0 Å². The number of halogens is 1. The van der Waals surface area contributed by atoms with Crippen molar-refractivity contribution in [2.24, 2.45) is 4.99 Å². The maximum Gasteiger partial charge on any atom is 0.240 e. The first-order chi connectivity index (χ1) is 12.7. The van der Waals surface area contributed by atoms with E-state index >= 15 is 0 Å². The van der Waals surface area contributed by atoms with Crippen molar-refractivity contribution in [3.8, 4) is 11.5 Å². The molecule has 2 N–H and O–H groups in total. The van der Waals surface area contributed by atoms with Gasteiger partial charge in [0.2, 0.25) is 5.91 Å². The van der Waals surface area contributed by atoms with Crippen molar-refractivity contribution in [2.75, 3.05) is 33.8 Å². The third kappa shape index (κ3) is 10.0. The Hall–Kier alpha value is -1.71. The predicted octanol–water partition coefficient (Wildman–Crippen LogP) is 2.89. The van der Waals surface area contributed by atoms with Gasteiger partial charge in [-0.25, -0.2) is 4.99 Å². The van der Waals surface area contributed by atoms with Crippen molar-refractivity contribution in [2.45, 2.75) is 46.3 Å². The maximum absolute atomic E-state index is 12.2. The molecular formula is C20H35IN4O3. The van der Waals surface area contributed by atoms with E-state index in [-0.39, 0.29) is 48.1 Å². The van der Waals surface area contributed by atoms with Crippen LogP contribution in [0.25, 0.3) is 0 Å². The molecule has 1 rings (SSSR count). The minimum absolute atomic E-state index is 0. The lowest BCUT2D eigenvalue weighted by Gasteiger charge is -2.25. The highest BCUT2D eigenvalue weighted by Gasteiger charge is 2.17. The number of methoxy groups -OCH3 is 1. The molecule has 0 heterocycles. The average molecular weight is 506 g/mol. The molecule has 1 amide bonds. The maximum atomic E-state index is 12.2. The zero-order valence-electron chi connectivity index (χ0n) is 18.0. The summed E-state index contributed by atoms with van der Waals surface area (Å²) in [4.78, 5) is 18.6. The summed E-state index contributed by atoms with van der Waals surface area (Å²) < 4.78 is 11.2. The topological polar surface area (TPSA) is 75.2 Å². The van der Waals surface area contributed by atoms with E-state index in [1.165, 1.54) is 0 Å². The molecule has 0 aliphatic carbocycles. The Kier molecular flexibility index (Phi) is 11.9. The second kappa shape index (κ2) is 12.7. The van der Waals surface area contributed by atoms with E-state index in [4.69, 9.17) is 9.47 Å². The molecule has 28 heavy (non-hydrogen) atoms. The summed E-state index contributed by atoms with van der Waals surface area (Å²) in [5, 5.41) is 6.16. The number of carbonyl (C=O) groups is 1. The second-order valence-electron chi connectivity index (χ2n) is 7.43. The summed E-state index contributed by atoms with van der Waals surface area (Å²) >= 11 is 0. The van der Waals surface area contributed by atoms with Crippen LogP contribution in [0.15, 0.2) is 29.3 Å². The second-order valence-corrected chi connectivity index (χ2v) is 7.43. The molecule has 7 nitrogen and oxygen atoms in total. The van der Waals surface area contributed by atoms with Gasteiger partial charge in [-0.15, -0.1) is 24.0 Å². The number of nitrogens with one attached hydrogen (secondary N) is 2. The number of nitrogens with zero attached hydrogens (tertiary/aromatic N) is 2. The fraction of sp³-hybridized carbons (Fsp3) is 0.600. The number of guanidine groups is 1. The molecule has 0 spiro atoms. The van der Waals surface area contributed by atoms with Crippen molar-refractivity contribution in [1.82, 2.24) is 15.5 Å². The highest BCUT2D eigenvalue weighted by Crippen LogP contribution is 2.26. The minimum atomic E-state index is -0.259. The minimum Gasteiger partial charge on any atom is -0.493 e. The van der Waals surface area contributed by atoms with Gasteiger partial charge in [0.1, 0.15) is 6.10 Å². The Morgan fingerprint density at radius 1 is 1.25 bits per heavy atom. The summed E-state index contributed by atoms with van der Waals surface area (Å²) in [7, 11) is 3.46. The van der Waals surface area contributed by atoms with E-state index in [1.54, 1.807) is 12.0 Å². The summed E-state index contributed by atoms with van der Waals surface area (Å²) in [6, 6.07) is 7.53. The largest absolute Gasteiger partial charge is 0.493 e. The predicted molar refractivity (Wildman–Crippen MR) is 125 cm³/mol. The number of benzene rings is 1. The van der Waals surface area contributed by atoms with Crippen molar-refractivity contribution < 1.29 is 14.3 Å². The van der Waals surface area contributed by atoms with Gasteiger partial charge in [-0.05, 0) is 46.8 Å². The number of ether oxygens (including phenoxy) is 2. The van der Waals surface area contributed by atoms with Crippen molar-refractivity contribution in [1.29, 1.82) is 0 Å². The fourth-order valence-corrected chi connectivity index (χ4v) is 2.40. The van der Waals surface area contributed by atoms with Crippen LogP contribution in [0.5, 0.6) is 11.5 Å². The number of amides is 1. The van der Waals surface area contributed by atoms with Gasteiger partial charge in [0, 0.05) is 19.1 Å². The molecule has 0 aromatic heterocycles. The first-order valence-electron chi connectivity index (χ1n) is 9.26. The van der Waals surface area contributed by atoms with Crippen LogP contribution >= 0.6 is 24.0 Å². The molecule has 1 aromatic rings.